The minimum Gasteiger partial charge on any atom is -0.490 e. The monoisotopic (exact) mass is 340 g/mol. The van der Waals surface area contributed by atoms with Crippen molar-refractivity contribution in [3.8, 4) is 22.9 Å². The van der Waals surface area contributed by atoms with Crippen molar-refractivity contribution < 1.29 is 19.0 Å². The molecule has 0 radical (unpaired) electrons. The first-order valence-corrected chi connectivity index (χ1v) is 8.08. The van der Waals surface area contributed by atoms with Crippen molar-refractivity contribution in [1.82, 2.24) is 9.97 Å². The summed E-state index contributed by atoms with van der Waals surface area (Å²) < 4.78 is 16.0. The Morgan fingerprint density at radius 3 is 2.72 bits per heavy atom. The molecule has 6 nitrogen and oxygen atoms in total. The molecule has 0 aliphatic carbocycles. The van der Waals surface area contributed by atoms with Crippen molar-refractivity contribution in [2.75, 3.05) is 13.7 Å². The van der Waals surface area contributed by atoms with Crippen LogP contribution in [0.2, 0.25) is 0 Å². The van der Waals surface area contributed by atoms with E-state index in [2.05, 4.69) is 9.97 Å². The van der Waals surface area contributed by atoms with Crippen molar-refractivity contribution in [3.63, 3.8) is 0 Å². The van der Waals surface area contributed by atoms with Gasteiger partial charge in [0.1, 0.15) is 5.82 Å². The van der Waals surface area contributed by atoms with E-state index in [1.165, 1.54) is 7.11 Å². The van der Waals surface area contributed by atoms with Crippen molar-refractivity contribution in [1.29, 1.82) is 0 Å². The molecule has 3 aromatic rings. The lowest BCUT2D eigenvalue weighted by atomic mass is 10.2. The predicted molar refractivity (Wildman–Crippen MR) is 94.8 cm³/mol. The van der Waals surface area contributed by atoms with Gasteiger partial charge in [0.05, 0.1) is 24.8 Å². The highest BCUT2D eigenvalue weighted by Gasteiger charge is 2.18. The summed E-state index contributed by atoms with van der Waals surface area (Å²) in [5.74, 6) is 1.34. The highest BCUT2D eigenvalue weighted by Crippen LogP contribution is 2.33. The summed E-state index contributed by atoms with van der Waals surface area (Å²) >= 11 is 0. The summed E-state index contributed by atoms with van der Waals surface area (Å²) in [6.45, 7) is 4.00. The number of aromatic nitrogens is 2. The fourth-order valence-electron chi connectivity index (χ4n) is 2.52. The van der Waals surface area contributed by atoms with E-state index < -0.39 is 12.1 Å². The molecule has 1 atom stereocenters. The van der Waals surface area contributed by atoms with Gasteiger partial charge in [0.15, 0.2) is 17.6 Å². The molecule has 0 amide bonds. The van der Waals surface area contributed by atoms with Crippen LogP contribution in [0, 0.1) is 0 Å². The molecule has 6 heteroatoms. The van der Waals surface area contributed by atoms with Crippen LogP contribution in [0.25, 0.3) is 22.4 Å². The number of rotatable bonds is 6. The molecule has 2 aromatic carbocycles. The zero-order valence-electron chi connectivity index (χ0n) is 14.4. The van der Waals surface area contributed by atoms with Crippen molar-refractivity contribution in [3.05, 3.63) is 42.5 Å². The number of carbonyl (C=O) groups excluding carboxylic acids is 1. The molecule has 3 rings (SSSR count). The van der Waals surface area contributed by atoms with Gasteiger partial charge in [0.2, 0.25) is 0 Å². The minimum absolute atomic E-state index is 0.441. The number of benzene rings is 2. The number of hydrogen-bond donors (Lipinski definition) is 1. The van der Waals surface area contributed by atoms with Crippen molar-refractivity contribution in [2.45, 2.75) is 20.0 Å². The third-order valence-corrected chi connectivity index (χ3v) is 3.74. The number of fused-ring (bicyclic) bond motifs is 1. The SMILES string of the molecule is CCOc1cc(-c2nc3ccccc3[nH]2)ccc1OC(C)C(=O)OC. The Bertz CT molecular complexity index is 855. The maximum absolute atomic E-state index is 11.6. The molecule has 0 spiro atoms. The maximum atomic E-state index is 11.6. The van der Waals surface area contributed by atoms with Gasteiger partial charge >= 0.3 is 5.97 Å². The Morgan fingerprint density at radius 2 is 2.00 bits per heavy atom. The standard InChI is InChI=1S/C19H20N2O4/c1-4-24-17-11-13(9-10-16(17)25-12(2)19(22)23-3)18-20-14-7-5-6-8-15(14)21-18/h5-12H,4H2,1-3H3,(H,20,21). The second-order valence-electron chi connectivity index (χ2n) is 5.48. The lowest BCUT2D eigenvalue weighted by Gasteiger charge is -2.16. The summed E-state index contributed by atoms with van der Waals surface area (Å²) in [4.78, 5) is 19.4. The molecule has 1 aromatic heterocycles. The lowest BCUT2D eigenvalue weighted by Crippen LogP contribution is -2.25. The van der Waals surface area contributed by atoms with Gasteiger partial charge in [0, 0.05) is 5.56 Å². The molecule has 25 heavy (non-hydrogen) atoms. The maximum Gasteiger partial charge on any atom is 0.346 e. The summed E-state index contributed by atoms with van der Waals surface area (Å²) in [5, 5.41) is 0. The first kappa shape index (κ1) is 16.8. The van der Waals surface area contributed by atoms with Gasteiger partial charge in [-0.3, -0.25) is 0 Å². The molecule has 0 aliphatic heterocycles. The molecular weight excluding hydrogens is 320 g/mol. The van der Waals surface area contributed by atoms with Crippen molar-refractivity contribution in [2.24, 2.45) is 0 Å². The van der Waals surface area contributed by atoms with Crippen LogP contribution in [0.15, 0.2) is 42.5 Å². The minimum atomic E-state index is -0.721. The predicted octanol–water partition coefficient (Wildman–Crippen LogP) is 3.57. The fraction of sp³-hybridized carbons (Fsp3) is 0.263. The van der Waals surface area contributed by atoms with Gasteiger partial charge in [-0.05, 0) is 44.2 Å². The molecule has 1 heterocycles. The lowest BCUT2D eigenvalue weighted by molar-refractivity contribution is -0.147. The van der Waals surface area contributed by atoms with Crippen LogP contribution in [0.3, 0.4) is 0 Å². The number of para-hydroxylation sites is 2. The fourth-order valence-corrected chi connectivity index (χ4v) is 2.52. The second-order valence-corrected chi connectivity index (χ2v) is 5.48. The number of ether oxygens (including phenoxy) is 3. The highest BCUT2D eigenvalue weighted by atomic mass is 16.6. The Kier molecular flexibility index (Phi) is 4.88. The van der Waals surface area contributed by atoms with E-state index in [4.69, 9.17) is 14.2 Å². The van der Waals surface area contributed by atoms with Crippen molar-refractivity contribution >= 4 is 17.0 Å². The number of hydrogen-bond acceptors (Lipinski definition) is 5. The van der Waals surface area contributed by atoms with E-state index in [1.54, 1.807) is 13.0 Å². The first-order chi connectivity index (χ1) is 12.1. The Labute approximate surface area is 145 Å². The topological polar surface area (TPSA) is 73.4 Å². The third-order valence-electron chi connectivity index (χ3n) is 3.74. The Morgan fingerprint density at radius 1 is 1.20 bits per heavy atom. The number of imidazole rings is 1. The zero-order chi connectivity index (χ0) is 17.8. The van der Waals surface area contributed by atoms with Crippen LogP contribution in [0.5, 0.6) is 11.5 Å². The Balaban J connectivity index is 1.94. The van der Waals surface area contributed by atoms with Crippen LogP contribution in [0.4, 0.5) is 0 Å². The van der Waals surface area contributed by atoms with Crippen LogP contribution >= 0.6 is 0 Å². The van der Waals surface area contributed by atoms with Crippen LogP contribution < -0.4 is 9.47 Å². The number of nitrogens with one attached hydrogen (secondary N) is 1. The number of esters is 1. The van der Waals surface area contributed by atoms with Crippen LogP contribution in [-0.4, -0.2) is 35.8 Å². The normalized spacial score (nSPS) is 12.0. The van der Waals surface area contributed by atoms with E-state index in [1.807, 2.05) is 43.3 Å². The number of H-pyrrole nitrogens is 1. The highest BCUT2D eigenvalue weighted by molar-refractivity contribution is 5.79. The number of carbonyl (C=O) groups is 1. The molecule has 1 N–H and O–H groups in total. The van der Waals surface area contributed by atoms with Gasteiger partial charge in [-0.15, -0.1) is 0 Å². The molecule has 0 saturated carbocycles. The summed E-state index contributed by atoms with van der Waals surface area (Å²) in [7, 11) is 1.33. The van der Waals surface area contributed by atoms with Gasteiger partial charge < -0.3 is 19.2 Å². The molecular formula is C19H20N2O4. The second kappa shape index (κ2) is 7.25. The average Bonchev–Trinajstić information content (AvgIpc) is 3.06. The van der Waals surface area contributed by atoms with E-state index >= 15 is 0 Å². The average molecular weight is 340 g/mol. The molecule has 0 aliphatic rings. The van der Waals surface area contributed by atoms with Crippen LogP contribution in [-0.2, 0) is 9.53 Å². The van der Waals surface area contributed by atoms with E-state index in [0.29, 0.717) is 18.1 Å². The number of nitrogens with zero attached hydrogens (tertiary/aromatic N) is 1. The molecule has 0 saturated heterocycles. The summed E-state index contributed by atoms with van der Waals surface area (Å²) in [6.07, 6.45) is -0.721. The van der Waals surface area contributed by atoms with Crippen LogP contribution in [0.1, 0.15) is 13.8 Å². The van der Waals surface area contributed by atoms with Gasteiger partial charge in [-0.1, -0.05) is 12.1 Å². The van der Waals surface area contributed by atoms with E-state index in [0.717, 1.165) is 22.4 Å². The number of aromatic amines is 1. The van der Waals surface area contributed by atoms with Gasteiger partial charge in [-0.2, -0.15) is 0 Å². The summed E-state index contributed by atoms with van der Waals surface area (Å²) in [6, 6.07) is 13.3. The third kappa shape index (κ3) is 3.57. The Hall–Kier alpha value is -3.02. The molecule has 1 unspecified atom stereocenters. The molecule has 0 bridgehead atoms. The smallest absolute Gasteiger partial charge is 0.346 e. The van der Waals surface area contributed by atoms with Gasteiger partial charge in [-0.25, -0.2) is 9.78 Å². The number of methoxy groups -OCH3 is 1. The zero-order valence-corrected chi connectivity index (χ0v) is 14.4. The molecule has 0 fully saturated rings. The first-order valence-electron chi connectivity index (χ1n) is 8.08. The van der Waals surface area contributed by atoms with E-state index in [9.17, 15) is 4.79 Å². The quantitative estimate of drug-likeness (QED) is 0.695. The molecule has 130 valence electrons. The van der Waals surface area contributed by atoms with E-state index in [-0.39, 0.29) is 0 Å². The largest absolute Gasteiger partial charge is 0.490 e. The van der Waals surface area contributed by atoms with Gasteiger partial charge in [0.25, 0.3) is 0 Å². The summed E-state index contributed by atoms with van der Waals surface area (Å²) in [5.41, 5.74) is 2.74.